The van der Waals surface area contributed by atoms with Crippen molar-refractivity contribution in [1.82, 2.24) is 4.98 Å². The van der Waals surface area contributed by atoms with Gasteiger partial charge < -0.3 is 18.3 Å². The van der Waals surface area contributed by atoms with Crippen LogP contribution >= 0.6 is 0 Å². The molecule has 0 saturated carbocycles. The number of nitrogens with zero attached hydrogens (tertiary/aromatic N) is 5. The summed E-state index contributed by atoms with van der Waals surface area (Å²) in [7, 11) is 13.6. The third kappa shape index (κ3) is 6.83. The van der Waals surface area contributed by atoms with Crippen LogP contribution in [0.25, 0.3) is 22.9 Å². The van der Waals surface area contributed by atoms with Crippen molar-refractivity contribution >= 4 is 28.6 Å². The summed E-state index contributed by atoms with van der Waals surface area (Å²) < 4.78 is 10.2. The number of hydrogen-bond acceptors (Lipinski definition) is 3. The van der Waals surface area contributed by atoms with Crippen molar-refractivity contribution in [2.75, 3.05) is 66.3 Å². The molecule has 1 aromatic carbocycles. The fourth-order valence-corrected chi connectivity index (χ4v) is 4.94. The number of para-hydroxylation sites is 1. The van der Waals surface area contributed by atoms with Crippen molar-refractivity contribution in [1.29, 1.82) is 0 Å². The molecular weight excluding hydrogens is 446 g/mol. The Hall–Kier alpha value is -2.96. The number of aryl methyl sites for hydroxylation is 1. The van der Waals surface area contributed by atoms with Gasteiger partial charge in [0.25, 0.3) is 0 Å². The second kappa shape index (κ2) is 11.0. The lowest BCUT2D eigenvalue weighted by Gasteiger charge is -2.32. The minimum absolute atomic E-state index is 0.636. The SMILES string of the molecule is C[n+]1cccc2oc(/C=C3\C=CN(CCCCC[N+](C)(C)CCC[N+](C)(C)C)c4ccccc43)nc21. The molecule has 0 N–H and O–H groups in total. The van der Waals surface area contributed by atoms with Gasteiger partial charge in [0, 0.05) is 41.5 Å². The molecule has 36 heavy (non-hydrogen) atoms. The molecule has 6 nitrogen and oxygen atoms in total. The minimum atomic E-state index is 0.636. The first-order valence-electron chi connectivity index (χ1n) is 13.2. The summed E-state index contributed by atoms with van der Waals surface area (Å²) in [5.74, 6) is 0.636. The number of oxazole rings is 1. The van der Waals surface area contributed by atoms with Crippen LogP contribution in [-0.4, -0.2) is 75.4 Å². The van der Waals surface area contributed by atoms with E-state index in [4.69, 9.17) is 4.42 Å². The Morgan fingerprint density at radius 1 is 0.917 bits per heavy atom. The fourth-order valence-electron chi connectivity index (χ4n) is 4.94. The van der Waals surface area contributed by atoms with Crippen LogP contribution in [0.2, 0.25) is 0 Å². The van der Waals surface area contributed by atoms with E-state index in [-0.39, 0.29) is 0 Å². The van der Waals surface area contributed by atoms with E-state index in [1.807, 2.05) is 36.0 Å². The molecule has 6 heteroatoms. The molecule has 0 unspecified atom stereocenters. The van der Waals surface area contributed by atoms with Crippen LogP contribution in [0.15, 0.2) is 59.3 Å². The van der Waals surface area contributed by atoms with Crippen molar-refractivity contribution in [2.24, 2.45) is 7.05 Å². The Morgan fingerprint density at radius 2 is 1.69 bits per heavy atom. The lowest BCUT2D eigenvalue weighted by atomic mass is 9.99. The third-order valence-electron chi connectivity index (χ3n) is 7.03. The van der Waals surface area contributed by atoms with E-state index in [1.165, 1.54) is 56.6 Å². The average molecular weight is 491 g/mol. The van der Waals surface area contributed by atoms with Crippen molar-refractivity contribution < 1.29 is 18.0 Å². The average Bonchev–Trinajstić information content (AvgIpc) is 3.23. The highest BCUT2D eigenvalue weighted by Crippen LogP contribution is 2.34. The van der Waals surface area contributed by atoms with Crippen molar-refractivity contribution in [3.05, 3.63) is 66.3 Å². The van der Waals surface area contributed by atoms with Crippen LogP contribution in [0.1, 0.15) is 37.1 Å². The lowest BCUT2D eigenvalue weighted by Crippen LogP contribution is -2.44. The van der Waals surface area contributed by atoms with Gasteiger partial charge in [-0.05, 0) is 49.1 Å². The number of unbranched alkanes of at least 4 members (excludes halogenated alkanes) is 2. The molecule has 0 bridgehead atoms. The zero-order valence-corrected chi connectivity index (χ0v) is 23.1. The molecule has 3 heterocycles. The van der Waals surface area contributed by atoms with Crippen molar-refractivity contribution in [3.63, 3.8) is 0 Å². The van der Waals surface area contributed by atoms with Crippen LogP contribution in [0.5, 0.6) is 0 Å². The van der Waals surface area contributed by atoms with Crippen LogP contribution in [0, 0.1) is 0 Å². The maximum absolute atomic E-state index is 6.00. The topological polar surface area (TPSA) is 33.1 Å². The van der Waals surface area contributed by atoms with E-state index in [2.05, 4.69) is 81.7 Å². The Bertz CT molecular complexity index is 1230. The highest BCUT2D eigenvalue weighted by Gasteiger charge is 2.20. The second-order valence-corrected chi connectivity index (χ2v) is 11.8. The molecule has 0 amide bonds. The van der Waals surface area contributed by atoms with Gasteiger partial charge in [-0.2, -0.15) is 0 Å². The smallest absolute Gasteiger partial charge is 0.370 e. The van der Waals surface area contributed by atoms with E-state index >= 15 is 0 Å². The van der Waals surface area contributed by atoms with Gasteiger partial charge in [0.05, 0.1) is 68.1 Å². The molecule has 3 aromatic rings. The number of allylic oxidation sites excluding steroid dienone is 2. The van der Waals surface area contributed by atoms with E-state index < -0.39 is 0 Å². The summed E-state index contributed by atoms with van der Waals surface area (Å²) in [4.78, 5) is 7.08. The Labute approximate surface area is 216 Å². The number of rotatable bonds is 11. The van der Waals surface area contributed by atoms with E-state index in [1.54, 1.807) is 0 Å². The Balaban J connectivity index is 1.33. The molecule has 0 radical (unpaired) electrons. The number of hydrogen-bond donors (Lipinski definition) is 0. The quantitative estimate of drug-likeness (QED) is 0.218. The largest absolute Gasteiger partial charge is 0.411 e. The molecule has 2 aromatic heterocycles. The van der Waals surface area contributed by atoms with Gasteiger partial charge >= 0.3 is 11.5 Å². The monoisotopic (exact) mass is 490 g/mol. The van der Waals surface area contributed by atoms with Gasteiger partial charge in [-0.25, -0.2) is 4.57 Å². The zero-order valence-electron chi connectivity index (χ0n) is 23.1. The number of quaternary nitrogens is 2. The molecule has 0 aliphatic carbocycles. The number of anilines is 1. The standard InChI is InChI=1S/C30H44N5O/c1-32-18-12-16-28-30(32)31-29(36-28)24-25-17-20-33(27-15-9-8-14-26(25)27)19-10-7-11-22-35(5,6)23-13-21-34(2,3)4/h8-9,12,14-18,20,24H,7,10-11,13,19,21-23H2,1-6H3/q+3. The summed E-state index contributed by atoms with van der Waals surface area (Å²) in [5.41, 5.74) is 5.26. The summed E-state index contributed by atoms with van der Waals surface area (Å²) in [6.07, 6.45) is 13.4. The van der Waals surface area contributed by atoms with Gasteiger partial charge in [0.15, 0.2) is 0 Å². The predicted molar refractivity (Wildman–Crippen MR) is 149 cm³/mol. The normalized spacial score (nSPS) is 15.2. The fraction of sp³-hybridized carbons (Fsp3) is 0.467. The predicted octanol–water partition coefficient (Wildman–Crippen LogP) is 4.87. The summed E-state index contributed by atoms with van der Waals surface area (Å²) in [6.45, 7) is 4.78. The molecule has 0 fully saturated rings. The second-order valence-electron chi connectivity index (χ2n) is 11.8. The number of benzene rings is 1. The lowest BCUT2D eigenvalue weighted by molar-refractivity contribution is -0.902. The highest BCUT2D eigenvalue weighted by atomic mass is 16.3. The van der Waals surface area contributed by atoms with Crippen LogP contribution in [0.4, 0.5) is 5.69 Å². The summed E-state index contributed by atoms with van der Waals surface area (Å²) >= 11 is 0. The first kappa shape index (κ1) is 26.1. The van der Waals surface area contributed by atoms with E-state index in [9.17, 15) is 0 Å². The van der Waals surface area contributed by atoms with E-state index in [0.29, 0.717) is 5.89 Å². The number of aromatic nitrogens is 2. The van der Waals surface area contributed by atoms with Gasteiger partial charge in [0.2, 0.25) is 5.58 Å². The van der Waals surface area contributed by atoms with Gasteiger partial charge in [-0.3, -0.25) is 0 Å². The maximum atomic E-state index is 6.00. The third-order valence-corrected chi connectivity index (χ3v) is 7.03. The van der Waals surface area contributed by atoms with Gasteiger partial charge in [-0.15, -0.1) is 0 Å². The highest BCUT2D eigenvalue weighted by molar-refractivity contribution is 5.94. The van der Waals surface area contributed by atoms with Crippen molar-refractivity contribution in [3.8, 4) is 0 Å². The van der Waals surface area contributed by atoms with Crippen LogP contribution < -0.4 is 9.47 Å². The zero-order chi connectivity index (χ0) is 25.8. The minimum Gasteiger partial charge on any atom is -0.411 e. The maximum Gasteiger partial charge on any atom is 0.370 e. The van der Waals surface area contributed by atoms with Crippen LogP contribution in [0.3, 0.4) is 0 Å². The molecule has 0 saturated heterocycles. The first-order valence-corrected chi connectivity index (χ1v) is 13.2. The number of fused-ring (bicyclic) bond motifs is 2. The van der Waals surface area contributed by atoms with Gasteiger partial charge in [0.1, 0.15) is 0 Å². The molecule has 1 aliphatic heterocycles. The summed E-state index contributed by atoms with van der Waals surface area (Å²) in [5, 5.41) is 0. The van der Waals surface area contributed by atoms with E-state index in [0.717, 1.165) is 32.3 Å². The number of pyridine rings is 1. The summed E-state index contributed by atoms with van der Waals surface area (Å²) in [6, 6.07) is 12.6. The van der Waals surface area contributed by atoms with Crippen LogP contribution in [-0.2, 0) is 7.05 Å². The van der Waals surface area contributed by atoms with Gasteiger partial charge in [-0.1, -0.05) is 18.2 Å². The molecule has 1 aliphatic rings. The van der Waals surface area contributed by atoms with Crippen molar-refractivity contribution in [2.45, 2.75) is 25.7 Å². The molecule has 4 rings (SSSR count). The molecule has 0 spiro atoms. The molecule has 0 atom stereocenters. The molecule has 192 valence electrons. The first-order chi connectivity index (χ1) is 17.1. The molecular formula is C30H44N5O+3. The Morgan fingerprint density at radius 3 is 2.47 bits per heavy atom. The Kier molecular flexibility index (Phi) is 7.96.